The second-order valence-corrected chi connectivity index (χ2v) is 4.55. The van der Waals surface area contributed by atoms with Gasteiger partial charge in [-0.05, 0) is 12.1 Å². The molecule has 0 atom stereocenters. The minimum absolute atomic E-state index is 0.463. The highest BCUT2D eigenvalue weighted by Gasteiger charge is 2.17. The van der Waals surface area contributed by atoms with Crippen molar-refractivity contribution in [2.75, 3.05) is 7.11 Å². The van der Waals surface area contributed by atoms with Crippen molar-refractivity contribution in [3.63, 3.8) is 0 Å². The zero-order valence-electron chi connectivity index (χ0n) is 10.6. The Hall–Kier alpha value is -2.65. The summed E-state index contributed by atoms with van der Waals surface area (Å²) >= 11 is 5.22. The average molecular weight is 282 g/mol. The van der Waals surface area contributed by atoms with Crippen molar-refractivity contribution in [2.24, 2.45) is 0 Å². The molecule has 3 aromatic rings. The predicted octanol–water partition coefficient (Wildman–Crippen LogP) is 3.17. The molecular weight excluding hydrogens is 272 g/mol. The van der Waals surface area contributed by atoms with Crippen LogP contribution in [-0.4, -0.2) is 22.1 Å². The fourth-order valence-electron chi connectivity index (χ4n) is 2.17. The summed E-state index contributed by atoms with van der Waals surface area (Å²) in [4.78, 5) is 10.2. The van der Waals surface area contributed by atoms with Gasteiger partial charge in [0.15, 0.2) is 0 Å². The smallest absolute Gasteiger partial charge is 0.130 e. The van der Waals surface area contributed by atoms with Crippen molar-refractivity contribution in [2.45, 2.75) is 0 Å². The molecule has 2 heterocycles. The van der Waals surface area contributed by atoms with E-state index in [4.69, 9.17) is 17.0 Å². The summed E-state index contributed by atoms with van der Waals surface area (Å²) in [5, 5.41) is 9.43. The van der Waals surface area contributed by atoms with Gasteiger partial charge in [-0.1, -0.05) is 24.4 Å². The number of rotatable bonds is 2. The molecule has 98 valence electrons. The van der Waals surface area contributed by atoms with Crippen LogP contribution in [0.15, 0.2) is 30.6 Å². The molecule has 3 rings (SSSR count). The standard InChI is InChI=1S/C14H10N4OS/c1-19-10-5-3-2-4-8(10)11-9(6-15)12-13(18-11)14(20)17-7-16-12/h2-5,7,18H,1H3,(H,16,17,20). The van der Waals surface area contributed by atoms with Crippen LogP contribution >= 0.6 is 12.2 Å². The fraction of sp³-hybridized carbons (Fsp3) is 0.0714. The van der Waals surface area contributed by atoms with Crippen LogP contribution in [0.25, 0.3) is 22.3 Å². The number of nitrogens with one attached hydrogen (secondary N) is 2. The molecule has 0 aliphatic rings. The fourth-order valence-corrected chi connectivity index (χ4v) is 2.37. The molecule has 20 heavy (non-hydrogen) atoms. The zero-order valence-corrected chi connectivity index (χ0v) is 11.4. The molecule has 0 fully saturated rings. The van der Waals surface area contributed by atoms with Gasteiger partial charge in [-0.15, -0.1) is 0 Å². The third-order valence-electron chi connectivity index (χ3n) is 3.08. The number of H-pyrrole nitrogens is 2. The highest BCUT2D eigenvalue weighted by molar-refractivity contribution is 7.71. The molecule has 0 unspecified atom stereocenters. The lowest BCUT2D eigenvalue weighted by molar-refractivity contribution is 0.416. The first-order valence-electron chi connectivity index (χ1n) is 5.89. The number of ether oxygens (including phenoxy) is 1. The van der Waals surface area contributed by atoms with E-state index in [1.165, 1.54) is 6.33 Å². The zero-order chi connectivity index (χ0) is 14.1. The summed E-state index contributed by atoms with van der Waals surface area (Å²) in [6, 6.07) is 9.68. The van der Waals surface area contributed by atoms with E-state index in [0.717, 1.165) is 5.56 Å². The molecule has 0 spiro atoms. The molecule has 2 N–H and O–H groups in total. The van der Waals surface area contributed by atoms with Gasteiger partial charge < -0.3 is 14.7 Å². The molecule has 0 amide bonds. The van der Waals surface area contributed by atoms with E-state index in [9.17, 15) is 5.26 Å². The van der Waals surface area contributed by atoms with Crippen molar-refractivity contribution in [3.05, 3.63) is 40.8 Å². The van der Waals surface area contributed by atoms with Crippen LogP contribution in [0.5, 0.6) is 5.75 Å². The van der Waals surface area contributed by atoms with Crippen molar-refractivity contribution in [1.82, 2.24) is 15.0 Å². The molecule has 1 aromatic carbocycles. The molecule has 0 saturated carbocycles. The molecule has 2 aromatic heterocycles. The van der Waals surface area contributed by atoms with Crippen LogP contribution in [0.3, 0.4) is 0 Å². The number of aromatic nitrogens is 3. The van der Waals surface area contributed by atoms with E-state index in [1.54, 1.807) is 7.11 Å². The van der Waals surface area contributed by atoms with Crippen molar-refractivity contribution in [1.29, 1.82) is 5.26 Å². The second kappa shape index (κ2) is 4.79. The summed E-state index contributed by atoms with van der Waals surface area (Å²) in [6.45, 7) is 0. The minimum atomic E-state index is 0.463. The van der Waals surface area contributed by atoms with E-state index >= 15 is 0 Å². The Bertz CT molecular complexity index is 888. The molecule has 0 aliphatic carbocycles. The number of benzene rings is 1. The third kappa shape index (κ3) is 1.76. The average Bonchev–Trinajstić information content (AvgIpc) is 2.87. The first-order chi connectivity index (χ1) is 9.76. The number of para-hydroxylation sites is 1. The van der Waals surface area contributed by atoms with Gasteiger partial charge in [0.1, 0.15) is 33.1 Å². The monoisotopic (exact) mass is 282 g/mol. The molecule has 0 saturated heterocycles. The van der Waals surface area contributed by atoms with Crippen LogP contribution in [0, 0.1) is 16.0 Å². The highest BCUT2D eigenvalue weighted by Crippen LogP contribution is 2.34. The molecule has 6 heteroatoms. The molecule has 0 aliphatic heterocycles. The summed E-state index contributed by atoms with van der Waals surface area (Å²) in [6.07, 6.45) is 1.49. The number of hydrogen-bond donors (Lipinski definition) is 2. The third-order valence-corrected chi connectivity index (χ3v) is 3.40. The van der Waals surface area contributed by atoms with Crippen molar-refractivity contribution >= 4 is 23.3 Å². The lowest BCUT2D eigenvalue weighted by Gasteiger charge is -2.06. The van der Waals surface area contributed by atoms with Gasteiger partial charge in [-0.3, -0.25) is 0 Å². The lowest BCUT2D eigenvalue weighted by Crippen LogP contribution is -1.89. The van der Waals surface area contributed by atoms with Gasteiger partial charge >= 0.3 is 0 Å². The SMILES string of the molecule is COc1ccccc1-c1[nH]c2c(=S)[nH]cnc2c1C#N. The van der Waals surface area contributed by atoms with Gasteiger partial charge in [0, 0.05) is 5.56 Å². The Morgan fingerprint density at radius 1 is 1.35 bits per heavy atom. The second-order valence-electron chi connectivity index (χ2n) is 4.14. The number of aromatic amines is 2. The Morgan fingerprint density at radius 3 is 2.90 bits per heavy atom. The Morgan fingerprint density at radius 2 is 2.15 bits per heavy atom. The summed E-state index contributed by atoms with van der Waals surface area (Å²) < 4.78 is 5.86. The van der Waals surface area contributed by atoms with Gasteiger partial charge in [-0.25, -0.2) is 4.98 Å². The maximum atomic E-state index is 9.43. The normalized spacial score (nSPS) is 10.4. The van der Waals surface area contributed by atoms with E-state index < -0.39 is 0 Å². The number of methoxy groups -OCH3 is 1. The van der Waals surface area contributed by atoms with E-state index in [-0.39, 0.29) is 0 Å². The van der Waals surface area contributed by atoms with E-state index in [1.807, 2.05) is 24.3 Å². The van der Waals surface area contributed by atoms with Crippen LogP contribution in [-0.2, 0) is 0 Å². The topological polar surface area (TPSA) is 77.5 Å². The predicted molar refractivity (Wildman–Crippen MR) is 78.0 cm³/mol. The van der Waals surface area contributed by atoms with Crippen molar-refractivity contribution < 1.29 is 4.74 Å². The number of hydrogen-bond acceptors (Lipinski definition) is 4. The summed E-state index contributed by atoms with van der Waals surface area (Å²) in [5.74, 6) is 0.686. The van der Waals surface area contributed by atoms with Gasteiger partial charge in [0.25, 0.3) is 0 Å². The van der Waals surface area contributed by atoms with Crippen LogP contribution in [0.2, 0.25) is 0 Å². The Labute approximate surface area is 119 Å². The van der Waals surface area contributed by atoms with E-state index in [2.05, 4.69) is 21.0 Å². The molecular formula is C14H10N4OS. The largest absolute Gasteiger partial charge is 0.496 e. The van der Waals surface area contributed by atoms with Gasteiger partial charge in [-0.2, -0.15) is 5.26 Å². The quantitative estimate of drug-likeness (QED) is 0.708. The molecule has 0 bridgehead atoms. The molecule has 5 nitrogen and oxygen atoms in total. The van der Waals surface area contributed by atoms with Gasteiger partial charge in [0.05, 0.1) is 19.1 Å². The van der Waals surface area contributed by atoms with E-state index in [0.29, 0.717) is 32.7 Å². The lowest BCUT2D eigenvalue weighted by atomic mass is 10.1. The summed E-state index contributed by atoms with van der Waals surface area (Å²) in [7, 11) is 1.60. The summed E-state index contributed by atoms with van der Waals surface area (Å²) in [5.41, 5.74) is 3.15. The van der Waals surface area contributed by atoms with Crippen molar-refractivity contribution in [3.8, 4) is 23.1 Å². The minimum Gasteiger partial charge on any atom is -0.496 e. The molecule has 0 radical (unpaired) electrons. The Kier molecular flexibility index (Phi) is 2.97. The Balaban J connectivity index is 2.40. The maximum Gasteiger partial charge on any atom is 0.130 e. The first kappa shape index (κ1) is 12.4. The number of nitrogens with zero attached hydrogens (tertiary/aromatic N) is 2. The van der Waals surface area contributed by atoms with Crippen LogP contribution in [0.4, 0.5) is 0 Å². The number of fused-ring (bicyclic) bond motifs is 1. The number of nitriles is 1. The van der Waals surface area contributed by atoms with Crippen LogP contribution < -0.4 is 4.74 Å². The maximum absolute atomic E-state index is 9.43. The highest BCUT2D eigenvalue weighted by atomic mass is 32.1. The van der Waals surface area contributed by atoms with Crippen LogP contribution in [0.1, 0.15) is 5.56 Å². The first-order valence-corrected chi connectivity index (χ1v) is 6.30. The van der Waals surface area contributed by atoms with Gasteiger partial charge in [0.2, 0.25) is 0 Å².